The zero-order valence-corrected chi connectivity index (χ0v) is 19.6. The number of sulfone groups is 1. The lowest BCUT2D eigenvalue weighted by atomic mass is 9.94. The van der Waals surface area contributed by atoms with Gasteiger partial charge in [0.2, 0.25) is 0 Å². The van der Waals surface area contributed by atoms with Crippen LogP contribution in [0.1, 0.15) is 42.6 Å². The first-order valence-corrected chi connectivity index (χ1v) is 12.8. The molecule has 182 valence electrons. The maximum absolute atomic E-state index is 14.3. The summed E-state index contributed by atoms with van der Waals surface area (Å²) in [7, 11) is -4.04. The number of aliphatic hydroxyl groups excluding tert-OH is 2. The summed E-state index contributed by atoms with van der Waals surface area (Å²) in [5, 5.41) is 17.0. The number of esters is 1. The number of aliphatic hydroxyl groups is 2. The van der Waals surface area contributed by atoms with Crippen molar-refractivity contribution < 1.29 is 42.0 Å². The lowest BCUT2D eigenvalue weighted by Gasteiger charge is -2.34. The Labute approximate surface area is 196 Å². The van der Waals surface area contributed by atoms with Gasteiger partial charge in [-0.05, 0) is 55.5 Å². The number of benzene rings is 1. The highest BCUT2D eigenvalue weighted by atomic mass is 35.5. The fraction of sp³-hybridized carbons (Fsp3) is 0.591. The number of fused-ring (bicyclic) bond motifs is 1. The van der Waals surface area contributed by atoms with Gasteiger partial charge in [-0.1, -0.05) is 11.6 Å². The Hall–Kier alpha value is -1.56. The third-order valence-electron chi connectivity index (χ3n) is 6.48. The molecule has 1 heterocycles. The van der Waals surface area contributed by atoms with Crippen LogP contribution >= 0.6 is 11.6 Å². The van der Waals surface area contributed by atoms with E-state index >= 15 is 0 Å². The van der Waals surface area contributed by atoms with Crippen molar-refractivity contribution in [2.45, 2.75) is 61.1 Å². The van der Waals surface area contributed by atoms with Crippen LogP contribution in [0.25, 0.3) is 0 Å². The number of rotatable bonds is 6. The normalized spacial score (nSPS) is 28.6. The molecule has 4 atom stereocenters. The Morgan fingerprint density at radius 1 is 1.21 bits per heavy atom. The van der Waals surface area contributed by atoms with Crippen LogP contribution in [0, 0.1) is 5.82 Å². The Morgan fingerprint density at radius 3 is 2.48 bits per heavy atom. The van der Waals surface area contributed by atoms with Gasteiger partial charge in [0.15, 0.2) is 15.6 Å². The van der Waals surface area contributed by atoms with E-state index in [2.05, 4.69) is 0 Å². The Kier molecular flexibility index (Phi) is 6.88. The van der Waals surface area contributed by atoms with Crippen LogP contribution < -0.4 is 0 Å². The van der Waals surface area contributed by atoms with Crippen LogP contribution in [0.4, 0.5) is 4.39 Å². The maximum Gasteiger partial charge on any atom is 0.335 e. The van der Waals surface area contributed by atoms with Crippen LogP contribution in [0.3, 0.4) is 0 Å². The number of halogens is 2. The molecule has 8 nitrogen and oxygen atoms in total. The maximum atomic E-state index is 14.3. The number of hydrogen-bond acceptors (Lipinski definition) is 8. The van der Waals surface area contributed by atoms with Crippen molar-refractivity contribution in [2.24, 2.45) is 0 Å². The molecule has 11 heteroatoms. The first-order chi connectivity index (χ1) is 15.7. The SMILES string of the molecule is CCOC(=O)C1=CC2(CCC1S(=O)(=O)C1CCc3c(F)ccc(Cl)c31)O[C@@H](CO)[C@H](CO)O2. The summed E-state index contributed by atoms with van der Waals surface area (Å²) in [5.74, 6) is -2.80. The van der Waals surface area contributed by atoms with Crippen molar-refractivity contribution in [1.82, 2.24) is 0 Å². The van der Waals surface area contributed by atoms with E-state index in [1.807, 2.05) is 0 Å². The smallest absolute Gasteiger partial charge is 0.335 e. The largest absolute Gasteiger partial charge is 0.463 e. The summed E-state index contributed by atoms with van der Waals surface area (Å²) in [6, 6.07) is 2.56. The van der Waals surface area contributed by atoms with Gasteiger partial charge in [0.25, 0.3) is 0 Å². The molecule has 2 aliphatic carbocycles. The molecule has 33 heavy (non-hydrogen) atoms. The molecule has 2 unspecified atom stereocenters. The molecule has 1 aliphatic heterocycles. The predicted molar refractivity (Wildman–Crippen MR) is 116 cm³/mol. The standard InChI is InChI=1S/C22H26ClFO8S/c1-2-30-21(27)13-9-22(31-16(10-25)17(11-26)32-22)8-7-18(13)33(28,29)19-6-3-12-15(24)5-4-14(23)20(12)19/h4-5,9,16-19,25-26H,2-3,6-8,10-11H2,1H3/t16-,17-,18?,19?/m0/s1. The molecule has 0 amide bonds. The van der Waals surface area contributed by atoms with E-state index in [1.165, 1.54) is 18.2 Å². The molecule has 0 bridgehead atoms. The third kappa shape index (κ3) is 4.21. The Bertz CT molecular complexity index is 1060. The van der Waals surface area contributed by atoms with E-state index in [0.717, 1.165) is 0 Å². The van der Waals surface area contributed by atoms with Gasteiger partial charge in [-0.15, -0.1) is 0 Å². The second kappa shape index (κ2) is 9.24. The minimum Gasteiger partial charge on any atom is -0.463 e. The minimum absolute atomic E-state index is 0.0257. The van der Waals surface area contributed by atoms with Crippen LogP contribution in [-0.4, -0.2) is 67.7 Å². The van der Waals surface area contributed by atoms with Crippen LogP contribution in [0.5, 0.6) is 0 Å². The highest BCUT2D eigenvalue weighted by molar-refractivity contribution is 7.92. The van der Waals surface area contributed by atoms with Gasteiger partial charge in [0, 0.05) is 11.4 Å². The summed E-state index contributed by atoms with van der Waals surface area (Å²) in [6.07, 6.45) is 0.0623. The minimum atomic E-state index is -4.04. The van der Waals surface area contributed by atoms with E-state index in [-0.39, 0.29) is 54.0 Å². The first-order valence-electron chi connectivity index (χ1n) is 10.8. The summed E-state index contributed by atoms with van der Waals surface area (Å²) in [6.45, 7) is 0.794. The van der Waals surface area contributed by atoms with E-state index in [9.17, 15) is 27.8 Å². The number of ether oxygens (including phenoxy) is 3. The van der Waals surface area contributed by atoms with E-state index < -0.39 is 63.3 Å². The molecule has 2 N–H and O–H groups in total. The topological polar surface area (TPSA) is 119 Å². The number of carbonyl (C=O) groups is 1. The predicted octanol–water partition coefficient (Wildman–Crippen LogP) is 2.00. The summed E-state index contributed by atoms with van der Waals surface area (Å²) >= 11 is 6.27. The first kappa shape index (κ1) is 24.6. The van der Waals surface area contributed by atoms with Crippen molar-refractivity contribution >= 4 is 27.4 Å². The second-order valence-corrected chi connectivity index (χ2v) is 11.1. The van der Waals surface area contributed by atoms with Gasteiger partial charge in [-0.25, -0.2) is 17.6 Å². The zero-order valence-electron chi connectivity index (χ0n) is 18.0. The molecule has 1 saturated heterocycles. The Morgan fingerprint density at radius 2 is 1.88 bits per heavy atom. The van der Waals surface area contributed by atoms with Crippen molar-refractivity contribution in [1.29, 1.82) is 0 Å². The van der Waals surface area contributed by atoms with Crippen LogP contribution in [-0.2, 0) is 35.3 Å². The molecule has 0 radical (unpaired) electrons. The second-order valence-electron chi connectivity index (χ2n) is 8.37. The fourth-order valence-corrected chi connectivity index (χ4v) is 7.76. The fourth-order valence-electron chi connectivity index (χ4n) is 4.98. The average molecular weight is 505 g/mol. The number of hydrogen-bond donors (Lipinski definition) is 2. The molecule has 0 saturated carbocycles. The molecular weight excluding hydrogens is 479 g/mol. The summed E-state index contributed by atoms with van der Waals surface area (Å²) in [5.41, 5.74) is 0.387. The molecule has 1 aromatic carbocycles. The van der Waals surface area contributed by atoms with Gasteiger partial charge in [0.05, 0.1) is 35.9 Å². The van der Waals surface area contributed by atoms with Gasteiger partial charge in [-0.3, -0.25) is 0 Å². The Balaban J connectivity index is 1.74. The van der Waals surface area contributed by atoms with Gasteiger partial charge >= 0.3 is 5.97 Å². The third-order valence-corrected chi connectivity index (χ3v) is 9.36. The van der Waals surface area contributed by atoms with E-state index in [4.69, 9.17) is 25.8 Å². The molecule has 3 aliphatic rings. The highest BCUT2D eigenvalue weighted by Crippen LogP contribution is 2.48. The van der Waals surface area contributed by atoms with Gasteiger partial charge < -0.3 is 24.4 Å². The van der Waals surface area contributed by atoms with Crippen molar-refractivity contribution in [3.63, 3.8) is 0 Å². The lowest BCUT2D eigenvalue weighted by molar-refractivity contribution is -0.154. The molecule has 0 aromatic heterocycles. The van der Waals surface area contributed by atoms with Crippen LogP contribution in [0.15, 0.2) is 23.8 Å². The quantitative estimate of drug-likeness (QED) is 0.564. The molecular formula is C22H26ClFO8S. The van der Waals surface area contributed by atoms with Crippen LogP contribution in [0.2, 0.25) is 5.02 Å². The molecule has 1 fully saturated rings. The highest BCUT2D eigenvalue weighted by Gasteiger charge is 2.53. The molecule has 1 spiro atoms. The number of carbonyl (C=O) groups excluding carboxylic acids is 1. The molecule has 4 rings (SSSR count). The zero-order chi connectivity index (χ0) is 24.0. The van der Waals surface area contributed by atoms with Gasteiger partial charge in [-0.2, -0.15) is 0 Å². The van der Waals surface area contributed by atoms with Gasteiger partial charge in [0.1, 0.15) is 18.0 Å². The van der Waals surface area contributed by atoms with Crippen molar-refractivity contribution in [3.05, 3.63) is 45.7 Å². The van der Waals surface area contributed by atoms with Crippen molar-refractivity contribution in [3.8, 4) is 0 Å². The monoisotopic (exact) mass is 504 g/mol. The van der Waals surface area contributed by atoms with E-state index in [0.29, 0.717) is 0 Å². The van der Waals surface area contributed by atoms with Crippen molar-refractivity contribution in [2.75, 3.05) is 19.8 Å². The lowest BCUT2D eigenvalue weighted by Crippen LogP contribution is -2.42. The molecule has 1 aromatic rings. The summed E-state index contributed by atoms with van der Waals surface area (Å²) < 4.78 is 58.6. The summed E-state index contributed by atoms with van der Waals surface area (Å²) in [4.78, 5) is 12.8. The van der Waals surface area contributed by atoms with E-state index in [1.54, 1.807) is 6.92 Å². The average Bonchev–Trinajstić information content (AvgIpc) is 3.39.